The zero-order valence-corrected chi connectivity index (χ0v) is 19.9. The van der Waals surface area contributed by atoms with Crippen LogP contribution in [-0.4, -0.2) is 63.5 Å². The van der Waals surface area contributed by atoms with Gasteiger partial charge in [0.25, 0.3) is 5.69 Å². The van der Waals surface area contributed by atoms with Gasteiger partial charge in [-0.2, -0.15) is 0 Å². The zero-order chi connectivity index (χ0) is 20.7. The second-order valence-electron chi connectivity index (χ2n) is 6.87. The molecule has 1 aromatic carbocycles. The number of nitrogens with one attached hydrogen (secondary N) is 3. The molecule has 0 radical (unpaired) electrons. The SMILES string of the molecule is CCNC(=NCCCOCC1CCOCC1)NCCNc1ccccc1[N+](=O)[O-].I. The van der Waals surface area contributed by atoms with Gasteiger partial charge < -0.3 is 25.4 Å². The van der Waals surface area contributed by atoms with E-state index in [2.05, 4.69) is 20.9 Å². The Hall–Kier alpha value is -1.66. The summed E-state index contributed by atoms with van der Waals surface area (Å²) in [5.74, 6) is 1.36. The number of halogens is 1. The summed E-state index contributed by atoms with van der Waals surface area (Å²) < 4.78 is 11.1. The Morgan fingerprint density at radius 1 is 1.27 bits per heavy atom. The fourth-order valence-electron chi connectivity index (χ4n) is 3.02. The molecule has 0 aromatic heterocycles. The van der Waals surface area contributed by atoms with Gasteiger partial charge in [0.05, 0.1) is 4.92 Å². The van der Waals surface area contributed by atoms with Gasteiger partial charge in [-0.15, -0.1) is 24.0 Å². The van der Waals surface area contributed by atoms with Gasteiger partial charge >= 0.3 is 0 Å². The fourth-order valence-corrected chi connectivity index (χ4v) is 3.02. The van der Waals surface area contributed by atoms with Crippen LogP contribution in [-0.2, 0) is 9.47 Å². The number of rotatable bonds is 12. The van der Waals surface area contributed by atoms with Crippen molar-refractivity contribution >= 4 is 41.3 Å². The first-order valence-electron chi connectivity index (χ1n) is 10.4. The van der Waals surface area contributed by atoms with Crippen LogP contribution in [0.15, 0.2) is 29.3 Å². The van der Waals surface area contributed by atoms with E-state index in [-0.39, 0.29) is 34.6 Å². The second kappa shape index (κ2) is 16.1. The minimum absolute atomic E-state index is 0. The van der Waals surface area contributed by atoms with Gasteiger partial charge in [-0.25, -0.2) is 0 Å². The summed E-state index contributed by atoms with van der Waals surface area (Å²) >= 11 is 0. The van der Waals surface area contributed by atoms with E-state index < -0.39 is 0 Å². The van der Waals surface area contributed by atoms with Crippen molar-refractivity contribution in [3.8, 4) is 0 Å². The Kier molecular flexibility index (Phi) is 14.1. The van der Waals surface area contributed by atoms with Crippen molar-refractivity contribution in [2.45, 2.75) is 26.2 Å². The van der Waals surface area contributed by atoms with E-state index in [9.17, 15) is 10.1 Å². The van der Waals surface area contributed by atoms with E-state index in [1.807, 2.05) is 6.92 Å². The van der Waals surface area contributed by atoms with Gasteiger partial charge in [0.15, 0.2) is 5.96 Å². The first-order valence-corrected chi connectivity index (χ1v) is 10.4. The molecule has 0 atom stereocenters. The molecular formula is C20H34IN5O4. The molecule has 1 aromatic rings. The molecule has 3 N–H and O–H groups in total. The molecule has 30 heavy (non-hydrogen) atoms. The van der Waals surface area contributed by atoms with Crippen molar-refractivity contribution in [3.63, 3.8) is 0 Å². The lowest BCUT2D eigenvalue weighted by Gasteiger charge is -2.21. The molecule has 0 unspecified atom stereocenters. The fraction of sp³-hybridized carbons (Fsp3) is 0.650. The molecular weight excluding hydrogens is 501 g/mol. The average molecular weight is 535 g/mol. The van der Waals surface area contributed by atoms with Crippen molar-refractivity contribution in [3.05, 3.63) is 34.4 Å². The van der Waals surface area contributed by atoms with Crippen LogP contribution < -0.4 is 16.0 Å². The molecule has 10 heteroatoms. The lowest BCUT2D eigenvalue weighted by Crippen LogP contribution is -2.39. The monoisotopic (exact) mass is 535 g/mol. The van der Waals surface area contributed by atoms with Crippen molar-refractivity contribution < 1.29 is 14.4 Å². The number of anilines is 1. The smallest absolute Gasteiger partial charge is 0.292 e. The molecule has 0 bridgehead atoms. The van der Waals surface area contributed by atoms with Gasteiger partial charge in [-0.05, 0) is 38.2 Å². The quantitative estimate of drug-likeness (QED) is 0.0943. The Bertz CT molecular complexity index is 641. The topological polar surface area (TPSA) is 110 Å². The molecule has 0 amide bonds. The highest BCUT2D eigenvalue weighted by Gasteiger charge is 2.13. The van der Waals surface area contributed by atoms with Gasteiger partial charge in [0, 0.05) is 58.7 Å². The number of benzene rings is 1. The molecule has 0 saturated carbocycles. The second-order valence-corrected chi connectivity index (χ2v) is 6.87. The largest absolute Gasteiger partial charge is 0.381 e. The summed E-state index contributed by atoms with van der Waals surface area (Å²) in [7, 11) is 0. The Balaban J connectivity index is 0.00000450. The maximum atomic E-state index is 11.0. The van der Waals surface area contributed by atoms with E-state index in [0.717, 1.165) is 51.6 Å². The number of para-hydroxylation sites is 2. The van der Waals surface area contributed by atoms with E-state index in [4.69, 9.17) is 9.47 Å². The van der Waals surface area contributed by atoms with Crippen LogP contribution in [0.4, 0.5) is 11.4 Å². The van der Waals surface area contributed by atoms with Gasteiger partial charge in [0.1, 0.15) is 5.69 Å². The number of nitro groups is 1. The molecule has 0 aliphatic carbocycles. The van der Waals surface area contributed by atoms with Crippen molar-refractivity contribution in [2.75, 3.05) is 57.9 Å². The minimum atomic E-state index is -0.384. The molecule has 9 nitrogen and oxygen atoms in total. The number of nitro benzene ring substituents is 1. The number of hydrogen-bond acceptors (Lipinski definition) is 6. The Morgan fingerprint density at radius 3 is 2.77 bits per heavy atom. The average Bonchev–Trinajstić information content (AvgIpc) is 2.74. The van der Waals surface area contributed by atoms with E-state index in [0.29, 0.717) is 37.8 Å². The van der Waals surface area contributed by atoms with Crippen molar-refractivity contribution in [1.82, 2.24) is 10.6 Å². The summed E-state index contributed by atoms with van der Waals surface area (Å²) in [6.45, 7) is 7.82. The molecule has 1 fully saturated rings. The predicted molar refractivity (Wildman–Crippen MR) is 130 cm³/mol. The van der Waals surface area contributed by atoms with Crippen molar-refractivity contribution in [1.29, 1.82) is 0 Å². The lowest BCUT2D eigenvalue weighted by atomic mass is 10.0. The van der Waals surface area contributed by atoms with Crippen LogP contribution >= 0.6 is 24.0 Å². The molecule has 2 rings (SSSR count). The van der Waals surface area contributed by atoms with Gasteiger partial charge in [-0.3, -0.25) is 15.1 Å². The summed E-state index contributed by atoms with van der Waals surface area (Å²) in [4.78, 5) is 15.2. The molecule has 1 heterocycles. The Labute approximate surface area is 195 Å². The predicted octanol–water partition coefficient (Wildman–Crippen LogP) is 3.01. The minimum Gasteiger partial charge on any atom is -0.381 e. The van der Waals surface area contributed by atoms with Crippen LogP contribution in [0.2, 0.25) is 0 Å². The highest BCUT2D eigenvalue weighted by molar-refractivity contribution is 14.0. The third-order valence-electron chi connectivity index (χ3n) is 4.59. The number of ether oxygens (including phenoxy) is 2. The maximum Gasteiger partial charge on any atom is 0.292 e. The third-order valence-corrected chi connectivity index (χ3v) is 4.59. The molecule has 1 saturated heterocycles. The summed E-state index contributed by atoms with van der Waals surface area (Å²) in [5.41, 5.74) is 0.594. The first-order chi connectivity index (χ1) is 14.2. The number of nitrogens with zero attached hydrogens (tertiary/aromatic N) is 2. The summed E-state index contributed by atoms with van der Waals surface area (Å²) in [6.07, 6.45) is 3.05. The zero-order valence-electron chi connectivity index (χ0n) is 17.6. The van der Waals surface area contributed by atoms with Crippen LogP contribution in [0.3, 0.4) is 0 Å². The lowest BCUT2D eigenvalue weighted by molar-refractivity contribution is -0.384. The van der Waals surface area contributed by atoms with Crippen LogP contribution in [0.5, 0.6) is 0 Å². The molecule has 1 aliphatic heterocycles. The van der Waals surface area contributed by atoms with Gasteiger partial charge in [-0.1, -0.05) is 12.1 Å². The summed E-state index contributed by atoms with van der Waals surface area (Å²) in [6, 6.07) is 6.63. The highest BCUT2D eigenvalue weighted by Crippen LogP contribution is 2.22. The Morgan fingerprint density at radius 2 is 2.03 bits per heavy atom. The standard InChI is InChI=1S/C20H33N5O4.HI/c1-2-21-20(23-10-5-13-29-16-17-8-14-28-15-9-17)24-12-11-22-18-6-3-4-7-19(18)25(26)27;/h3-4,6-7,17,22H,2,5,8-16H2,1H3,(H2,21,23,24);1H. The highest BCUT2D eigenvalue weighted by atomic mass is 127. The van der Waals surface area contributed by atoms with Crippen molar-refractivity contribution in [2.24, 2.45) is 10.9 Å². The number of hydrogen-bond donors (Lipinski definition) is 3. The summed E-state index contributed by atoms with van der Waals surface area (Å²) in [5, 5.41) is 20.6. The van der Waals surface area contributed by atoms with Crippen LogP contribution in [0.1, 0.15) is 26.2 Å². The van der Waals surface area contributed by atoms with Crippen LogP contribution in [0, 0.1) is 16.0 Å². The molecule has 170 valence electrons. The number of guanidine groups is 1. The van der Waals surface area contributed by atoms with Crippen LogP contribution in [0.25, 0.3) is 0 Å². The van der Waals surface area contributed by atoms with E-state index >= 15 is 0 Å². The van der Waals surface area contributed by atoms with Gasteiger partial charge in [0.2, 0.25) is 0 Å². The van der Waals surface area contributed by atoms with E-state index in [1.165, 1.54) is 6.07 Å². The molecule has 0 spiro atoms. The molecule has 1 aliphatic rings. The normalized spacial score (nSPS) is 14.6. The first kappa shape index (κ1) is 26.4. The maximum absolute atomic E-state index is 11.0. The van der Waals surface area contributed by atoms with E-state index in [1.54, 1.807) is 18.2 Å². The third kappa shape index (κ3) is 10.4. The number of aliphatic imine (C=N–C) groups is 1.